The first kappa shape index (κ1) is 16.5. The van der Waals surface area contributed by atoms with E-state index in [1.54, 1.807) is 6.92 Å². The number of imide groups is 1. The third kappa shape index (κ3) is 2.42. The highest BCUT2D eigenvalue weighted by Crippen LogP contribution is 2.54. The van der Waals surface area contributed by atoms with E-state index in [1.165, 1.54) is 4.90 Å². The summed E-state index contributed by atoms with van der Waals surface area (Å²) in [6.07, 6.45) is 1.12. The van der Waals surface area contributed by atoms with Gasteiger partial charge in [-0.25, -0.2) is 0 Å². The number of alkyl halides is 1. The van der Waals surface area contributed by atoms with Crippen molar-refractivity contribution >= 4 is 23.4 Å². The van der Waals surface area contributed by atoms with Gasteiger partial charge in [0.2, 0.25) is 11.8 Å². The third-order valence-electron chi connectivity index (χ3n) is 4.37. The number of amides is 2. The van der Waals surface area contributed by atoms with Gasteiger partial charge in [0.25, 0.3) is 0 Å². The molecule has 1 unspecified atom stereocenters. The van der Waals surface area contributed by atoms with Gasteiger partial charge >= 0.3 is 0 Å². The van der Waals surface area contributed by atoms with Crippen molar-refractivity contribution in [2.24, 2.45) is 10.8 Å². The van der Waals surface area contributed by atoms with E-state index in [0.717, 1.165) is 0 Å². The fraction of sp³-hybridized carbons (Fsp3) is 0.867. The van der Waals surface area contributed by atoms with Gasteiger partial charge in [-0.15, -0.1) is 11.6 Å². The van der Waals surface area contributed by atoms with Crippen LogP contribution in [0.4, 0.5) is 0 Å². The maximum absolute atomic E-state index is 12.4. The summed E-state index contributed by atoms with van der Waals surface area (Å²) in [5.41, 5.74) is -0.880. The molecule has 19 heavy (non-hydrogen) atoms. The molecule has 0 spiro atoms. The zero-order valence-corrected chi connectivity index (χ0v) is 13.9. The highest BCUT2D eigenvalue weighted by molar-refractivity contribution is 6.31. The second-order valence-electron chi connectivity index (χ2n) is 7.54. The fourth-order valence-electron chi connectivity index (χ4n) is 3.76. The Morgan fingerprint density at radius 2 is 1.63 bits per heavy atom. The summed E-state index contributed by atoms with van der Waals surface area (Å²) >= 11 is 5.96. The Hall–Kier alpha value is -0.570. The first-order valence-electron chi connectivity index (χ1n) is 6.87. The first-order valence-corrected chi connectivity index (χ1v) is 7.31. The van der Waals surface area contributed by atoms with Crippen LogP contribution in [0.25, 0.3) is 0 Å². The molecule has 1 saturated heterocycles. The monoisotopic (exact) mass is 287 g/mol. The van der Waals surface area contributed by atoms with Gasteiger partial charge in [0.05, 0.1) is 5.54 Å². The molecule has 1 atom stereocenters. The van der Waals surface area contributed by atoms with Gasteiger partial charge in [0, 0.05) is 6.42 Å². The van der Waals surface area contributed by atoms with Gasteiger partial charge in [-0.05, 0) is 24.2 Å². The van der Waals surface area contributed by atoms with Crippen LogP contribution in [-0.2, 0) is 9.59 Å². The van der Waals surface area contributed by atoms with Crippen LogP contribution in [0.1, 0.15) is 61.3 Å². The van der Waals surface area contributed by atoms with Crippen molar-refractivity contribution < 1.29 is 9.59 Å². The van der Waals surface area contributed by atoms with Crippen molar-refractivity contribution in [1.82, 2.24) is 4.90 Å². The maximum atomic E-state index is 12.4. The van der Waals surface area contributed by atoms with Crippen LogP contribution in [0.15, 0.2) is 0 Å². The molecule has 0 aromatic rings. The summed E-state index contributed by atoms with van der Waals surface area (Å²) in [6.45, 7) is 14.2. The Morgan fingerprint density at radius 1 is 1.21 bits per heavy atom. The Kier molecular flexibility index (Phi) is 4.13. The molecule has 0 bridgehead atoms. The van der Waals surface area contributed by atoms with Gasteiger partial charge in [0.15, 0.2) is 0 Å². The highest BCUT2D eigenvalue weighted by atomic mass is 35.5. The Labute approximate surface area is 121 Å². The molecule has 1 aliphatic heterocycles. The predicted octanol–water partition coefficient (Wildman–Crippen LogP) is 3.59. The Bertz CT molecular complexity index is 374. The zero-order chi connectivity index (χ0) is 15.2. The smallest absolute Gasteiger partial charge is 0.247 e. The third-order valence-corrected chi connectivity index (χ3v) is 4.56. The minimum atomic E-state index is -0.675. The molecule has 1 fully saturated rings. The van der Waals surface area contributed by atoms with Crippen LogP contribution < -0.4 is 0 Å². The van der Waals surface area contributed by atoms with Gasteiger partial charge < -0.3 is 0 Å². The van der Waals surface area contributed by atoms with E-state index in [2.05, 4.69) is 41.5 Å². The number of likely N-dealkylation sites (tertiary alicyclic amines) is 1. The van der Waals surface area contributed by atoms with Crippen LogP contribution in [0.3, 0.4) is 0 Å². The normalized spacial score (nSPS) is 21.7. The molecular formula is C15H26ClNO2. The molecule has 1 rings (SSSR count). The second-order valence-corrected chi connectivity index (χ2v) is 8.20. The summed E-state index contributed by atoms with van der Waals surface area (Å²) in [5, 5.41) is -0.675. The molecule has 0 aliphatic carbocycles. The van der Waals surface area contributed by atoms with Crippen molar-refractivity contribution in [2.45, 2.75) is 72.2 Å². The lowest BCUT2D eigenvalue weighted by atomic mass is 9.58. The predicted molar refractivity (Wildman–Crippen MR) is 78.0 cm³/mol. The molecule has 2 amide bonds. The van der Waals surface area contributed by atoms with E-state index in [0.29, 0.717) is 12.8 Å². The second kappa shape index (κ2) is 4.76. The van der Waals surface area contributed by atoms with E-state index in [9.17, 15) is 9.59 Å². The zero-order valence-electron chi connectivity index (χ0n) is 13.1. The van der Waals surface area contributed by atoms with Gasteiger partial charge in [0.1, 0.15) is 5.38 Å². The molecule has 3 nitrogen and oxygen atoms in total. The Balaban J connectivity index is 3.46. The van der Waals surface area contributed by atoms with Gasteiger partial charge in [-0.1, -0.05) is 41.5 Å². The molecule has 110 valence electrons. The van der Waals surface area contributed by atoms with Gasteiger partial charge in [-0.2, -0.15) is 0 Å². The largest absolute Gasteiger partial charge is 0.274 e. The molecule has 1 aliphatic rings. The molecule has 4 heteroatoms. The number of carbonyl (C=O) groups excluding carboxylic acids is 2. The average molecular weight is 288 g/mol. The summed E-state index contributed by atoms with van der Waals surface area (Å²) < 4.78 is 0. The van der Waals surface area contributed by atoms with Crippen molar-refractivity contribution in [2.75, 3.05) is 0 Å². The van der Waals surface area contributed by atoms with E-state index in [-0.39, 0.29) is 22.6 Å². The summed E-state index contributed by atoms with van der Waals surface area (Å²) in [7, 11) is 0. The SMILES string of the molecule is CC(Cl)C(=O)N1C(=O)CCC1(C(C)(C)C)C(C)(C)C. The first-order chi connectivity index (χ1) is 8.36. The van der Waals surface area contributed by atoms with E-state index in [4.69, 9.17) is 11.6 Å². The van der Waals surface area contributed by atoms with Crippen molar-refractivity contribution in [3.63, 3.8) is 0 Å². The van der Waals surface area contributed by atoms with Crippen LogP contribution >= 0.6 is 11.6 Å². The molecule has 0 radical (unpaired) electrons. The van der Waals surface area contributed by atoms with Crippen molar-refractivity contribution in [3.05, 3.63) is 0 Å². The lowest BCUT2D eigenvalue weighted by Gasteiger charge is -2.55. The quantitative estimate of drug-likeness (QED) is 0.691. The number of rotatable bonds is 1. The number of nitrogens with zero attached hydrogens (tertiary/aromatic N) is 1. The van der Waals surface area contributed by atoms with Crippen LogP contribution in [0, 0.1) is 10.8 Å². The maximum Gasteiger partial charge on any atom is 0.247 e. The van der Waals surface area contributed by atoms with Crippen molar-refractivity contribution in [1.29, 1.82) is 0 Å². The molecule has 1 heterocycles. The lowest BCUT2D eigenvalue weighted by Crippen LogP contribution is -2.64. The summed E-state index contributed by atoms with van der Waals surface area (Å²) in [4.78, 5) is 26.2. The molecule has 0 aromatic heterocycles. The van der Waals surface area contributed by atoms with Crippen LogP contribution in [-0.4, -0.2) is 27.6 Å². The molecule has 0 aromatic carbocycles. The summed E-state index contributed by atoms with van der Waals surface area (Å²) in [5.74, 6) is -0.364. The number of halogens is 1. The standard InChI is InChI=1S/C15H26ClNO2/c1-10(16)12(19)17-11(18)8-9-15(17,13(2,3)4)14(5,6)7/h10H,8-9H2,1-7H3. The Morgan fingerprint density at radius 3 is 1.95 bits per heavy atom. The van der Waals surface area contributed by atoms with E-state index < -0.39 is 10.9 Å². The summed E-state index contributed by atoms with van der Waals surface area (Å²) in [6, 6.07) is 0. The highest BCUT2D eigenvalue weighted by Gasteiger charge is 2.61. The number of carbonyl (C=O) groups is 2. The minimum absolute atomic E-state index is 0.0950. The molecular weight excluding hydrogens is 262 g/mol. The number of hydrogen-bond acceptors (Lipinski definition) is 2. The van der Waals surface area contributed by atoms with E-state index in [1.807, 2.05) is 0 Å². The molecule has 0 N–H and O–H groups in total. The van der Waals surface area contributed by atoms with Crippen LogP contribution in [0.2, 0.25) is 0 Å². The lowest BCUT2D eigenvalue weighted by molar-refractivity contribution is -0.159. The average Bonchev–Trinajstić information content (AvgIpc) is 2.53. The fourth-order valence-corrected chi connectivity index (χ4v) is 3.86. The minimum Gasteiger partial charge on any atom is -0.274 e. The van der Waals surface area contributed by atoms with E-state index >= 15 is 0 Å². The van der Waals surface area contributed by atoms with Crippen LogP contribution in [0.5, 0.6) is 0 Å². The van der Waals surface area contributed by atoms with Crippen molar-refractivity contribution in [3.8, 4) is 0 Å². The van der Waals surface area contributed by atoms with Gasteiger partial charge in [-0.3, -0.25) is 14.5 Å². The topological polar surface area (TPSA) is 37.4 Å². The number of hydrogen-bond donors (Lipinski definition) is 0. The molecule has 0 saturated carbocycles.